The van der Waals surface area contributed by atoms with E-state index >= 15 is 0 Å². The van der Waals surface area contributed by atoms with Crippen LogP contribution in [0.25, 0.3) is 0 Å². The number of carbonyl (C=O) groups is 1. The Morgan fingerprint density at radius 1 is 1.67 bits per heavy atom. The van der Waals surface area contributed by atoms with Gasteiger partial charge in [-0.15, -0.1) is 5.10 Å². The second kappa shape index (κ2) is 2.44. The molecule has 5 heteroatoms. The van der Waals surface area contributed by atoms with Gasteiger partial charge in [0.2, 0.25) is 0 Å². The molecule has 12 heavy (non-hydrogen) atoms. The normalized spacial score (nSPS) is 26.4. The van der Waals surface area contributed by atoms with Crippen LogP contribution in [-0.4, -0.2) is 29.1 Å². The summed E-state index contributed by atoms with van der Waals surface area (Å²) in [5, 5.41) is 12.0. The highest BCUT2D eigenvalue weighted by Gasteiger charge is 2.27. The SMILES string of the molecule is CC1=NN2N=CC=CC2C(=O)N1. The summed E-state index contributed by atoms with van der Waals surface area (Å²) in [7, 11) is 0. The van der Waals surface area contributed by atoms with Gasteiger partial charge in [-0.3, -0.25) is 4.79 Å². The molecule has 2 heterocycles. The lowest BCUT2D eigenvalue weighted by atomic mass is 10.2. The zero-order valence-electron chi connectivity index (χ0n) is 6.56. The molecule has 1 atom stereocenters. The van der Waals surface area contributed by atoms with E-state index in [1.807, 2.05) is 0 Å². The fraction of sp³-hybridized carbons (Fsp3) is 0.286. The molecule has 1 N–H and O–H groups in total. The van der Waals surface area contributed by atoms with E-state index in [-0.39, 0.29) is 11.9 Å². The number of amides is 1. The van der Waals surface area contributed by atoms with E-state index in [0.29, 0.717) is 5.84 Å². The summed E-state index contributed by atoms with van der Waals surface area (Å²) in [6.07, 6.45) is 5.08. The van der Waals surface area contributed by atoms with Crippen LogP contribution in [0.4, 0.5) is 0 Å². The van der Waals surface area contributed by atoms with Gasteiger partial charge in [-0.05, 0) is 19.1 Å². The van der Waals surface area contributed by atoms with Gasteiger partial charge in [0.15, 0.2) is 6.04 Å². The summed E-state index contributed by atoms with van der Waals surface area (Å²) in [5.41, 5.74) is 0. The molecule has 1 amide bonds. The summed E-state index contributed by atoms with van der Waals surface area (Å²) in [5.74, 6) is 0.485. The van der Waals surface area contributed by atoms with Crippen molar-refractivity contribution in [2.24, 2.45) is 10.2 Å². The molecule has 0 bridgehead atoms. The van der Waals surface area contributed by atoms with Crippen LogP contribution in [0.1, 0.15) is 6.92 Å². The smallest absolute Gasteiger partial charge is 0.256 e. The maximum absolute atomic E-state index is 11.3. The fourth-order valence-corrected chi connectivity index (χ4v) is 1.12. The molecular weight excluding hydrogens is 156 g/mol. The maximum Gasteiger partial charge on any atom is 0.256 e. The van der Waals surface area contributed by atoms with Gasteiger partial charge in [-0.25, -0.2) is 0 Å². The predicted molar refractivity (Wildman–Crippen MR) is 44.5 cm³/mol. The van der Waals surface area contributed by atoms with Gasteiger partial charge < -0.3 is 5.32 Å². The van der Waals surface area contributed by atoms with Crippen LogP contribution in [0.2, 0.25) is 0 Å². The third-order valence-electron chi connectivity index (χ3n) is 1.64. The van der Waals surface area contributed by atoms with Gasteiger partial charge in [-0.2, -0.15) is 10.2 Å². The number of hydrogen-bond donors (Lipinski definition) is 1. The molecule has 0 aromatic carbocycles. The number of hydrogen-bond acceptors (Lipinski definition) is 4. The van der Waals surface area contributed by atoms with Gasteiger partial charge in [0.25, 0.3) is 5.91 Å². The highest BCUT2D eigenvalue weighted by molar-refractivity contribution is 6.02. The molecule has 0 aromatic heterocycles. The zero-order valence-corrected chi connectivity index (χ0v) is 6.56. The summed E-state index contributed by atoms with van der Waals surface area (Å²) in [6.45, 7) is 1.72. The number of allylic oxidation sites excluding steroid dienone is 1. The van der Waals surface area contributed by atoms with E-state index in [0.717, 1.165) is 0 Å². The Morgan fingerprint density at radius 2 is 2.50 bits per heavy atom. The summed E-state index contributed by atoms with van der Waals surface area (Å²) >= 11 is 0. The largest absolute Gasteiger partial charge is 0.311 e. The first kappa shape index (κ1) is 7.02. The molecule has 1 unspecified atom stereocenters. The molecule has 0 radical (unpaired) electrons. The van der Waals surface area contributed by atoms with E-state index in [1.54, 1.807) is 25.3 Å². The Balaban J connectivity index is 2.34. The van der Waals surface area contributed by atoms with E-state index in [1.165, 1.54) is 5.12 Å². The zero-order chi connectivity index (χ0) is 8.55. The van der Waals surface area contributed by atoms with Crippen molar-refractivity contribution in [1.82, 2.24) is 10.4 Å². The Hall–Kier alpha value is -1.65. The number of hydrazone groups is 2. The van der Waals surface area contributed by atoms with Crippen molar-refractivity contribution >= 4 is 18.0 Å². The Labute approximate surface area is 69.4 Å². The molecule has 0 fully saturated rings. The highest BCUT2D eigenvalue weighted by Crippen LogP contribution is 2.10. The first-order valence-corrected chi connectivity index (χ1v) is 3.63. The van der Waals surface area contributed by atoms with Crippen molar-refractivity contribution in [3.8, 4) is 0 Å². The number of carbonyl (C=O) groups excluding carboxylic acids is 1. The topological polar surface area (TPSA) is 57.1 Å². The van der Waals surface area contributed by atoms with Gasteiger partial charge >= 0.3 is 0 Å². The standard InChI is InChI=1S/C7H8N4O/c1-5-9-7(12)6-3-2-4-8-11(6)10-5/h2-4,6H,1H3,(H,9,10,12). The minimum Gasteiger partial charge on any atom is -0.311 e. The Morgan fingerprint density at radius 3 is 3.33 bits per heavy atom. The number of fused-ring (bicyclic) bond motifs is 1. The second-order valence-corrected chi connectivity index (χ2v) is 2.59. The van der Waals surface area contributed by atoms with Crippen molar-refractivity contribution in [1.29, 1.82) is 0 Å². The quantitative estimate of drug-likeness (QED) is 0.533. The van der Waals surface area contributed by atoms with E-state index in [4.69, 9.17) is 0 Å². The summed E-state index contributed by atoms with van der Waals surface area (Å²) in [4.78, 5) is 11.3. The van der Waals surface area contributed by atoms with Crippen LogP contribution in [0.5, 0.6) is 0 Å². The third-order valence-corrected chi connectivity index (χ3v) is 1.64. The van der Waals surface area contributed by atoms with E-state index in [9.17, 15) is 4.79 Å². The molecular formula is C7H8N4O. The van der Waals surface area contributed by atoms with Gasteiger partial charge in [0, 0.05) is 6.21 Å². The Kier molecular flexibility index (Phi) is 1.43. The number of rotatable bonds is 0. The summed E-state index contributed by atoms with van der Waals surface area (Å²) < 4.78 is 0. The molecule has 2 aliphatic heterocycles. The number of nitrogens with zero attached hydrogens (tertiary/aromatic N) is 3. The van der Waals surface area contributed by atoms with Crippen molar-refractivity contribution in [2.45, 2.75) is 13.0 Å². The number of nitrogens with one attached hydrogen (secondary N) is 1. The molecule has 0 aliphatic carbocycles. The highest BCUT2D eigenvalue weighted by atomic mass is 16.2. The van der Waals surface area contributed by atoms with Gasteiger partial charge in [0.1, 0.15) is 5.84 Å². The van der Waals surface area contributed by atoms with Crippen molar-refractivity contribution in [2.75, 3.05) is 0 Å². The van der Waals surface area contributed by atoms with E-state index < -0.39 is 0 Å². The third kappa shape index (κ3) is 0.990. The van der Waals surface area contributed by atoms with E-state index in [2.05, 4.69) is 15.5 Å². The van der Waals surface area contributed by atoms with Crippen LogP contribution in [0, 0.1) is 0 Å². The van der Waals surface area contributed by atoms with Crippen LogP contribution >= 0.6 is 0 Å². The van der Waals surface area contributed by atoms with Crippen LogP contribution in [0.3, 0.4) is 0 Å². The second-order valence-electron chi connectivity index (χ2n) is 2.59. The van der Waals surface area contributed by atoms with Crippen molar-refractivity contribution in [3.05, 3.63) is 12.2 Å². The molecule has 2 rings (SSSR count). The lowest BCUT2D eigenvalue weighted by Crippen LogP contribution is -2.49. The molecule has 5 nitrogen and oxygen atoms in total. The molecule has 0 saturated heterocycles. The number of amidine groups is 1. The van der Waals surface area contributed by atoms with Crippen molar-refractivity contribution < 1.29 is 4.79 Å². The average Bonchev–Trinajstić information content (AvgIpc) is 2.04. The Bertz CT molecular complexity index is 305. The fourth-order valence-electron chi connectivity index (χ4n) is 1.12. The van der Waals surface area contributed by atoms with Gasteiger partial charge in [0.05, 0.1) is 0 Å². The monoisotopic (exact) mass is 164 g/mol. The van der Waals surface area contributed by atoms with Crippen LogP contribution in [-0.2, 0) is 4.79 Å². The average molecular weight is 164 g/mol. The predicted octanol–water partition coefficient (Wildman–Crippen LogP) is -0.324. The van der Waals surface area contributed by atoms with Crippen LogP contribution in [0.15, 0.2) is 22.4 Å². The van der Waals surface area contributed by atoms with Crippen molar-refractivity contribution in [3.63, 3.8) is 0 Å². The first-order chi connectivity index (χ1) is 5.77. The molecule has 2 aliphatic rings. The molecule has 0 saturated carbocycles. The lowest BCUT2D eigenvalue weighted by molar-refractivity contribution is -0.124. The minimum absolute atomic E-state index is 0.0874. The van der Waals surface area contributed by atoms with Gasteiger partial charge in [-0.1, -0.05) is 0 Å². The minimum atomic E-state index is -0.376. The summed E-state index contributed by atoms with van der Waals surface area (Å²) in [6, 6.07) is -0.376. The first-order valence-electron chi connectivity index (χ1n) is 3.63. The molecule has 0 aromatic rings. The van der Waals surface area contributed by atoms with Crippen LogP contribution < -0.4 is 5.32 Å². The molecule has 0 spiro atoms. The lowest BCUT2D eigenvalue weighted by Gasteiger charge is -2.27. The molecule has 62 valence electrons. The maximum atomic E-state index is 11.3.